The molecule has 22 heavy (non-hydrogen) atoms. The minimum atomic E-state index is -1.09. The topological polar surface area (TPSA) is 123 Å². The molecule has 5 unspecified atom stereocenters. The second-order valence-corrected chi connectivity index (χ2v) is 4.74. The first-order valence-electron chi connectivity index (χ1n) is 6.70. The summed E-state index contributed by atoms with van der Waals surface area (Å²) in [5.74, 6) is -1.87. The first-order chi connectivity index (χ1) is 10.3. The monoisotopic (exact) mass is 319 g/mol. The average molecular weight is 319 g/mol. The highest BCUT2D eigenvalue weighted by atomic mass is 16.7. The number of rotatable bonds is 5. The number of nitrogens with two attached hydrogens (primary N) is 1. The van der Waals surface area contributed by atoms with Crippen molar-refractivity contribution in [2.24, 2.45) is 5.73 Å². The Labute approximate surface area is 128 Å². The maximum absolute atomic E-state index is 11.3. The van der Waals surface area contributed by atoms with Crippen molar-refractivity contribution in [2.75, 3.05) is 13.7 Å². The van der Waals surface area contributed by atoms with Gasteiger partial charge >= 0.3 is 17.9 Å². The number of ether oxygens (including phenoxy) is 5. The van der Waals surface area contributed by atoms with E-state index < -0.39 is 48.6 Å². The van der Waals surface area contributed by atoms with E-state index in [0.29, 0.717) is 0 Å². The van der Waals surface area contributed by atoms with Crippen LogP contribution in [0, 0.1) is 0 Å². The maximum Gasteiger partial charge on any atom is 0.303 e. The molecule has 9 nitrogen and oxygen atoms in total. The first-order valence-corrected chi connectivity index (χ1v) is 6.70. The number of carbonyl (C=O) groups excluding carboxylic acids is 3. The molecule has 0 amide bonds. The molecular formula is C13H21NO8. The summed E-state index contributed by atoms with van der Waals surface area (Å²) in [5, 5.41) is 0. The van der Waals surface area contributed by atoms with E-state index in [9.17, 15) is 14.4 Å². The van der Waals surface area contributed by atoms with Gasteiger partial charge in [-0.15, -0.1) is 0 Å². The molecule has 0 aromatic rings. The van der Waals surface area contributed by atoms with Crippen LogP contribution in [-0.4, -0.2) is 62.3 Å². The molecule has 9 heteroatoms. The normalized spacial score (nSPS) is 31.2. The van der Waals surface area contributed by atoms with Crippen molar-refractivity contribution in [3.8, 4) is 0 Å². The zero-order valence-corrected chi connectivity index (χ0v) is 12.9. The van der Waals surface area contributed by atoms with Crippen LogP contribution in [0.4, 0.5) is 0 Å². The molecule has 1 heterocycles. The lowest BCUT2D eigenvalue weighted by Gasteiger charge is -2.43. The van der Waals surface area contributed by atoms with Gasteiger partial charge in [0.1, 0.15) is 6.10 Å². The Morgan fingerprint density at radius 1 is 0.909 bits per heavy atom. The molecule has 1 fully saturated rings. The van der Waals surface area contributed by atoms with Gasteiger partial charge in [-0.05, 0) is 0 Å². The van der Waals surface area contributed by atoms with Gasteiger partial charge in [0.15, 0.2) is 24.6 Å². The van der Waals surface area contributed by atoms with Crippen molar-refractivity contribution in [1.82, 2.24) is 0 Å². The smallest absolute Gasteiger partial charge is 0.303 e. The highest BCUT2D eigenvalue weighted by Gasteiger charge is 2.51. The van der Waals surface area contributed by atoms with Crippen LogP contribution in [0.25, 0.3) is 0 Å². The molecule has 0 aromatic heterocycles. The Morgan fingerprint density at radius 3 is 1.77 bits per heavy atom. The number of carbonyl (C=O) groups is 3. The fraction of sp³-hybridized carbons (Fsp3) is 0.769. The van der Waals surface area contributed by atoms with E-state index in [-0.39, 0.29) is 6.54 Å². The summed E-state index contributed by atoms with van der Waals surface area (Å²) in [5.41, 5.74) is 5.61. The van der Waals surface area contributed by atoms with E-state index in [1.807, 2.05) is 0 Å². The van der Waals surface area contributed by atoms with Crippen molar-refractivity contribution in [3.63, 3.8) is 0 Å². The van der Waals surface area contributed by atoms with Crippen LogP contribution in [0.2, 0.25) is 0 Å². The molecule has 0 bridgehead atoms. The van der Waals surface area contributed by atoms with Gasteiger partial charge < -0.3 is 29.4 Å². The van der Waals surface area contributed by atoms with Gasteiger partial charge in [-0.25, -0.2) is 0 Å². The maximum atomic E-state index is 11.3. The number of methoxy groups -OCH3 is 1. The quantitative estimate of drug-likeness (QED) is 0.507. The number of hydrogen-bond donors (Lipinski definition) is 1. The molecule has 1 aliphatic heterocycles. The van der Waals surface area contributed by atoms with Crippen molar-refractivity contribution in [1.29, 1.82) is 0 Å². The molecule has 2 N–H and O–H groups in total. The van der Waals surface area contributed by atoms with Crippen LogP contribution in [0.5, 0.6) is 0 Å². The summed E-state index contributed by atoms with van der Waals surface area (Å²) in [4.78, 5) is 33.9. The van der Waals surface area contributed by atoms with Gasteiger partial charge in [-0.2, -0.15) is 0 Å². The van der Waals surface area contributed by atoms with Gasteiger partial charge in [0.2, 0.25) is 0 Å². The average Bonchev–Trinajstić information content (AvgIpc) is 2.41. The molecule has 5 atom stereocenters. The van der Waals surface area contributed by atoms with Gasteiger partial charge in [-0.3, -0.25) is 14.4 Å². The summed E-state index contributed by atoms with van der Waals surface area (Å²) < 4.78 is 26.1. The summed E-state index contributed by atoms with van der Waals surface area (Å²) >= 11 is 0. The van der Waals surface area contributed by atoms with E-state index in [4.69, 9.17) is 29.4 Å². The molecule has 1 rings (SSSR count). The summed E-state index contributed by atoms with van der Waals surface area (Å²) in [6.45, 7) is 3.56. The fourth-order valence-corrected chi connectivity index (χ4v) is 2.23. The molecule has 1 saturated heterocycles. The minimum Gasteiger partial charge on any atom is -0.456 e. The third kappa shape index (κ3) is 4.65. The minimum absolute atomic E-state index is 0.0115. The van der Waals surface area contributed by atoms with Crippen LogP contribution >= 0.6 is 0 Å². The van der Waals surface area contributed by atoms with E-state index in [1.54, 1.807) is 0 Å². The summed E-state index contributed by atoms with van der Waals surface area (Å²) in [6.07, 6.45) is -4.96. The predicted octanol–water partition coefficient (Wildman–Crippen LogP) is -0.888. The Bertz CT molecular complexity index is 396. The Hall–Kier alpha value is -1.71. The Balaban J connectivity index is 3.14. The SMILES string of the molecule is COC1OC(CN)C(OC(C)=O)C(OC(C)=O)C1OC(C)=O. The van der Waals surface area contributed by atoms with Crippen LogP contribution < -0.4 is 5.73 Å². The molecule has 0 aliphatic carbocycles. The van der Waals surface area contributed by atoms with E-state index >= 15 is 0 Å². The third-order valence-electron chi connectivity index (χ3n) is 2.96. The Kier molecular flexibility index (Phi) is 6.72. The molecule has 0 radical (unpaired) electrons. The second kappa shape index (κ2) is 8.06. The number of hydrogen-bond acceptors (Lipinski definition) is 9. The fourth-order valence-electron chi connectivity index (χ4n) is 2.23. The van der Waals surface area contributed by atoms with Crippen molar-refractivity contribution >= 4 is 17.9 Å². The lowest BCUT2D eigenvalue weighted by molar-refractivity contribution is -0.296. The van der Waals surface area contributed by atoms with Crippen LogP contribution in [0.3, 0.4) is 0 Å². The second-order valence-electron chi connectivity index (χ2n) is 4.74. The van der Waals surface area contributed by atoms with Crippen molar-refractivity contribution < 1.29 is 38.1 Å². The standard InChI is InChI=1S/C13H21NO8/c1-6(15)19-10-9(5-14)22-13(18-4)12(21-8(3)17)11(10)20-7(2)16/h9-13H,5,14H2,1-4H3. The van der Waals surface area contributed by atoms with E-state index in [2.05, 4.69) is 0 Å². The largest absolute Gasteiger partial charge is 0.456 e. The van der Waals surface area contributed by atoms with Crippen LogP contribution in [0.1, 0.15) is 20.8 Å². The van der Waals surface area contributed by atoms with Crippen molar-refractivity contribution in [3.05, 3.63) is 0 Å². The van der Waals surface area contributed by atoms with Gasteiger partial charge in [0.05, 0.1) is 0 Å². The first kappa shape index (κ1) is 18.3. The van der Waals surface area contributed by atoms with E-state index in [0.717, 1.165) is 0 Å². The van der Waals surface area contributed by atoms with Gasteiger partial charge in [0, 0.05) is 34.4 Å². The predicted molar refractivity (Wildman–Crippen MR) is 71.4 cm³/mol. The molecule has 0 saturated carbocycles. The van der Waals surface area contributed by atoms with Crippen LogP contribution in [0.15, 0.2) is 0 Å². The van der Waals surface area contributed by atoms with Gasteiger partial charge in [-0.1, -0.05) is 0 Å². The summed E-state index contributed by atoms with van der Waals surface area (Å²) in [7, 11) is 1.34. The summed E-state index contributed by atoms with van der Waals surface area (Å²) in [6, 6.07) is 0. The molecular weight excluding hydrogens is 298 g/mol. The van der Waals surface area contributed by atoms with Gasteiger partial charge in [0.25, 0.3) is 0 Å². The van der Waals surface area contributed by atoms with E-state index in [1.165, 1.54) is 27.9 Å². The zero-order chi connectivity index (χ0) is 16.9. The zero-order valence-electron chi connectivity index (χ0n) is 12.9. The highest BCUT2D eigenvalue weighted by molar-refractivity contribution is 5.68. The number of esters is 3. The highest BCUT2D eigenvalue weighted by Crippen LogP contribution is 2.28. The molecule has 0 spiro atoms. The molecule has 0 aromatic carbocycles. The lowest BCUT2D eigenvalue weighted by Crippen LogP contribution is -2.63. The Morgan fingerprint density at radius 2 is 1.36 bits per heavy atom. The molecule has 1 aliphatic rings. The van der Waals surface area contributed by atoms with Crippen LogP contribution in [-0.2, 0) is 38.1 Å². The third-order valence-corrected chi connectivity index (χ3v) is 2.96. The lowest BCUT2D eigenvalue weighted by atomic mass is 9.98. The van der Waals surface area contributed by atoms with Crippen molar-refractivity contribution in [2.45, 2.75) is 51.5 Å². The molecule has 126 valence electrons.